The third kappa shape index (κ3) is 1.40. The van der Waals surface area contributed by atoms with Gasteiger partial charge in [-0.1, -0.05) is 40.2 Å². The Balaban J connectivity index is 2.62. The van der Waals surface area contributed by atoms with E-state index >= 15 is 0 Å². The molecule has 0 saturated carbocycles. The van der Waals surface area contributed by atoms with Crippen molar-refractivity contribution in [1.29, 1.82) is 0 Å². The number of fused-ring (bicyclic) bond motifs is 3. The average molecular weight is 277 g/mol. The molecule has 2 aromatic carbocycles. The Hall–Kier alpha value is -0.860. The maximum Gasteiger partial charge on any atom is 0.0424 e. The summed E-state index contributed by atoms with van der Waals surface area (Å²) < 4.78 is 2.58. The first-order chi connectivity index (χ1) is 7.25. The lowest BCUT2D eigenvalue weighted by atomic mass is 10.1. The Kier molecular flexibility index (Phi) is 2.08. The van der Waals surface area contributed by atoms with Crippen LogP contribution in [-0.4, -0.2) is 0 Å². The van der Waals surface area contributed by atoms with Gasteiger partial charge in [-0.2, -0.15) is 0 Å². The maximum absolute atomic E-state index is 3.63. The molecule has 1 heterocycles. The van der Waals surface area contributed by atoms with Gasteiger partial charge in [-0.25, -0.2) is 0 Å². The summed E-state index contributed by atoms with van der Waals surface area (Å²) in [7, 11) is 0. The number of hydrogen-bond donors (Lipinski definition) is 0. The Morgan fingerprint density at radius 1 is 1.07 bits per heavy atom. The summed E-state index contributed by atoms with van der Waals surface area (Å²) in [5.74, 6) is 0. The highest BCUT2D eigenvalue weighted by atomic mass is 79.9. The van der Waals surface area contributed by atoms with E-state index in [9.17, 15) is 0 Å². The van der Waals surface area contributed by atoms with Gasteiger partial charge in [-0.05, 0) is 29.8 Å². The quantitative estimate of drug-likeness (QED) is 0.534. The lowest BCUT2D eigenvalue weighted by Gasteiger charge is -2.01. The molecule has 0 unspecified atom stereocenters. The summed E-state index contributed by atoms with van der Waals surface area (Å²) in [4.78, 5) is 1.37. The lowest BCUT2D eigenvalue weighted by Crippen LogP contribution is -1.74. The van der Waals surface area contributed by atoms with Crippen molar-refractivity contribution in [3.8, 4) is 0 Å². The first-order valence-corrected chi connectivity index (χ1v) is 6.44. The van der Waals surface area contributed by atoms with Crippen molar-refractivity contribution in [2.75, 3.05) is 0 Å². The van der Waals surface area contributed by atoms with E-state index in [1.807, 2.05) is 11.3 Å². The molecule has 15 heavy (non-hydrogen) atoms. The van der Waals surface area contributed by atoms with E-state index in [-0.39, 0.29) is 0 Å². The highest BCUT2D eigenvalue weighted by Gasteiger charge is 2.06. The molecule has 3 aromatic rings. The number of aryl methyl sites for hydroxylation is 1. The molecule has 0 aliphatic heterocycles. The van der Waals surface area contributed by atoms with Crippen LogP contribution in [0, 0.1) is 6.92 Å². The molecule has 0 aliphatic rings. The molecule has 2 heteroatoms. The van der Waals surface area contributed by atoms with Crippen molar-refractivity contribution in [2.45, 2.75) is 6.92 Å². The molecular formula is C13H9BrS. The van der Waals surface area contributed by atoms with E-state index in [1.54, 1.807) is 0 Å². The molecule has 0 bridgehead atoms. The number of hydrogen-bond acceptors (Lipinski definition) is 1. The van der Waals surface area contributed by atoms with E-state index in [1.165, 1.54) is 30.2 Å². The molecule has 3 rings (SSSR count). The van der Waals surface area contributed by atoms with Crippen molar-refractivity contribution >= 4 is 48.1 Å². The summed E-state index contributed by atoms with van der Waals surface area (Å²) in [5, 5.41) is 3.98. The monoisotopic (exact) mass is 276 g/mol. The van der Waals surface area contributed by atoms with Gasteiger partial charge in [0.15, 0.2) is 0 Å². The topological polar surface area (TPSA) is 0 Å². The molecule has 0 aliphatic carbocycles. The van der Waals surface area contributed by atoms with Gasteiger partial charge in [-0.3, -0.25) is 0 Å². The number of rotatable bonds is 0. The molecule has 0 saturated heterocycles. The summed E-state index contributed by atoms with van der Waals surface area (Å²) in [6.45, 7) is 2.16. The van der Waals surface area contributed by atoms with Crippen LogP contribution in [0.2, 0.25) is 0 Å². The Morgan fingerprint density at radius 2 is 1.80 bits per heavy atom. The van der Waals surface area contributed by atoms with Crippen molar-refractivity contribution in [3.05, 3.63) is 45.7 Å². The summed E-state index contributed by atoms with van der Waals surface area (Å²) >= 11 is 5.50. The second-order valence-corrected chi connectivity index (χ2v) is 5.79. The molecule has 1 aromatic heterocycles. The Bertz CT molecular complexity index is 652. The number of benzene rings is 2. The summed E-state index contributed by atoms with van der Waals surface area (Å²) in [6, 6.07) is 13.0. The van der Waals surface area contributed by atoms with Gasteiger partial charge in [-0.15, -0.1) is 11.3 Å². The number of halogens is 1. The van der Waals surface area contributed by atoms with Crippen LogP contribution < -0.4 is 0 Å². The average Bonchev–Trinajstić information content (AvgIpc) is 2.59. The molecule has 0 amide bonds. The molecule has 0 N–H and O–H groups in total. The van der Waals surface area contributed by atoms with E-state index in [2.05, 4.69) is 59.3 Å². The minimum absolute atomic E-state index is 1.18. The highest BCUT2D eigenvalue weighted by Crippen LogP contribution is 2.36. The first kappa shape index (κ1) is 9.37. The SMILES string of the molecule is Cc1cc2cc(Br)c3ccccc3c2s1. The molecule has 0 nitrogen and oxygen atoms in total. The zero-order valence-corrected chi connectivity index (χ0v) is 10.7. The third-order valence-electron chi connectivity index (χ3n) is 2.60. The maximum atomic E-state index is 3.63. The zero-order valence-electron chi connectivity index (χ0n) is 8.25. The summed E-state index contributed by atoms with van der Waals surface area (Å²) in [5.41, 5.74) is 0. The minimum atomic E-state index is 1.18. The van der Waals surface area contributed by atoms with Gasteiger partial charge in [0.2, 0.25) is 0 Å². The second-order valence-electron chi connectivity index (χ2n) is 3.68. The van der Waals surface area contributed by atoms with Crippen molar-refractivity contribution in [1.82, 2.24) is 0 Å². The lowest BCUT2D eigenvalue weighted by molar-refractivity contribution is 1.65. The standard InChI is InChI=1S/C13H9BrS/c1-8-6-9-7-12(14)10-4-2-3-5-11(10)13(9)15-8/h2-7H,1H3. The van der Waals surface area contributed by atoms with Gasteiger partial charge in [0.1, 0.15) is 0 Å². The molecule has 0 fully saturated rings. The second kappa shape index (κ2) is 3.32. The van der Waals surface area contributed by atoms with Gasteiger partial charge >= 0.3 is 0 Å². The van der Waals surface area contributed by atoms with Gasteiger partial charge in [0.25, 0.3) is 0 Å². The first-order valence-electron chi connectivity index (χ1n) is 4.83. The fourth-order valence-electron chi connectivity index (χ4n) is 1.96. The van der Waals surface area contributed by atoms with Crippen LogP contribution in [0.3, 0.4) is 0 Å². The van der Waals surface area contributed by atoms with Crippen LogP contribution in [0.5, 0.6) is 0 Å². The van der Waals surface area contributed by atoms with Crippen molar-refractivity contribution in [3.63, 3.8) is 0 Å². The van der Waals surface area contributed by atoms with Crippen LogP contribution in [0.25, 0.3) is 20.9 Å². The van der Waals surface area contributed by atoms with Crippen LogP contribution >= 0.6 is 27.3 Å². The smallest absolute Gasteiger partial charge is 0.0424 e. The number of thiophene rings is 1. The normalized spacial score (nSPS) is 11.3. The van der Waals surface area contributed by atoms with E-state index in [0.717, 1.165) is 0 Å². The Morgan fingerprint density at radius 3 is 2.60 bits per heavy atom. The molecule has 0 atom stereocenters. The summed E-state index contributed by atoms with van der Waals surface area (Å²) in [6.07, 6.45) is 0. The van der Waals surface area contributed by atoms with Gasteiger partial charge in [0.05, 0.1) is 0 Å². The van der Waals surface area contributed by atoms with Crippen LogP contribution in [-0.2, 0) is 0 Å². The van der Waals surface area contributed by atoms with E-state index in [0.29, 0.717) is 0 Å². The van der Waals surface area contributed by atoms with Crippen molar-refractivity contribution < 1.29 is 0 Å². The van der Waals surface area contributed by atoms with Gasteiger partial charge < -0.3 is 0 Å². The molecule has 0 radical (unpaired) electrons. The molecule has 0 spiro atoms. The molecule has 74 valence electrons. The van der Waals surface area contributed by atoms with Crippen LogP contribution in [0.15, 0.2) is 40.9 Å². The zero-order chi connectivity index (χ0) is 10.4. The van der Waals surface area contributed by atoms with E-state index < -0.39 is 0 Å². The van der Waals surface area contributed by atoms with Crippen LogP contribution in [0.4, 0.5) is 0 Å². The molecular weight excluding hydrogens is 268 g/mol. The highest BCUT2D eigenvalue weighted by molar-refractivity contribution is 9.10. The predicted molar refractivity (Wildman–Crippen MR) is 71.8 cm³/mol. The van der Waals surface area contributed by atoms with Crippen molar-refractivity contribution in [2.24, 2.45) is 0 Å². The minimum Gasteiger partial charge on any atom is -0.140 e. The largest absolute Gasteiger partial charge is 0.140 e. The van der Waals surface area contributed by atoms with Crippen LogP contribution in [0.1, 0.15) is 4.88 Å². The van der Waals surface area contributed by atoms with E-state index in [4.69, 9.17) is 0 Å². The predicted octanol–water partition coefficient (Wildman–Crippen LogP) is 5.13. The third-order valence-corrected chi connectivity index (χ3v) is 4.35. The Labute approximate surface area is 101 Å². The van der Waals surface area contributed by atoms with Gasteiger partial charge in [0, 0.05) is 19.4 Å². The fraction of sp³-hybridized carbons (Fsp3) is 0.0769. The fourth-order valence-corrected chi connectivity index (χ4v) is 3.58.